The van der Waals surface area contributed by atoms with E-state index in [1.807, 2.05) is 61.5 Å². The topological polar surface area (TPSA) is 95.1 Å². The SMILES string of the molecule is CC(c1cccc(C(=O)c2ccccc2)c1)c1n[nH]c(N=C2NCCCN2)n1.Cl. The van der Waals surface area contributed by atoms with Gasteiger partial charge in [0.15, 0.2) is 17.6 Å². The molecule has 3 aromatic rings. The highest BCUT2D eigenvalue weighted by atomic mass is 35.5. The quantitative estimate of drug-likeness (QED) is 0.561. The number of H-pyrrole nitrogens is 1. The highest BCUT2D eigenvalue weighted by Crippen LogP contribution is 2.24. The lowest BCUT2D eigenvalue weighted by Gasteiger charge is -2.16. The highest BCUT2D eigenvalue weighted by molar-refractivity contribution is 6.09. The monoisotopic (exact) mass is 410 g/mol. The summed E-state index contributed by atoms with van der Waals surface area (Å²) in [6, 6.07) is 16.9. The molecule has 1 saturated heterocycles. The minimum Gasteiger partial charge on any atom is -0.356 e. The van der Waals surface area contributed by atoms with E-state index in [1.54, 1.807) is 0 Å². The fourth-order valence-electron chi connectivity index (χ4n) is 3.11. The Labute approximate surface area is 175 Å². The van der Waals surface area contributed by atoms with Gasteiger partial charge in [-0.2, -0.15) is 15.1 Å². The maximum absolute atomic E-state index is 12.7. The van der Waals surface area contributed by atoms with Crippen LogP contribution >= 0.6 is 12.4 Å². The Hall–Kier alpha value is -3.19. The third kappa shape index (κ3) is 4.81. The Balaban J connectivity index is 0.00000240. The standard InChI is InChI=1S/C21H22N6O.ClH/c1-14(19-24-21(27-26-19)25-20-22-11-6-12-23-20)16-9-5-10-17(13-16)18(28)15-7-3-2-4-8-15;/h2-5,7-10,13-14H,6,11-12H2,1H3,(H3,22,23,24,25,26,27);1H. The molecule has 0 radical (unpaired) electrons. The van der Waals surface area contributed by atoms with Crippen molar-refractivity contribution in [3.63, 3.8) is 0 Å². The molecule has 0 aliphatic carbocycles. The predicted octanol–water partition coefficient (Wildman–Crippen LogP) is 3.18. The van der Waals surface area contributed by atoms with Crippen molar-refractivity contribution in [2.75, 3.05) is 13.1 Å². The van der Waals surface area contributed by atoms with Crippen LogP contribution in [0.25, 0.3) is 0 Å². The molecule has 0 spiro atoms. The Kier molecular flexibility index (Phi) is 6.61. The number of hydrogen-bond acceptors (Lipinski definition) is 4. The molecule has 0 saturated carbocycles. The molecule has 0 bridgehead atoms. The van der Waals surface area contributed by atoms with Crippen LogP contribution in [0.2, 0.25) is 0 Å². The molecule has 0 amide bonds. The normalized spacial score (nSPS) is 14.2. The van der Waals surface area contributed by atoms with Crippen molar-refractivity contribution >= 4 is 30.1 Å². The lowest BCUT2D eigenvalue weighted by molar-refractivity contribution is 0.103. The van der Waals surface area contributed by atoms with E-state index in [0.717, 1.165) is 25.1 Å². The zero-order valence-corrected chi connectivity index (χ0v) is 16.9. The first-order chi connectivity index (χ1) is 13.7. The number of ketones is 1. The number of nitrogens with one attached hydrogen (secondary N) is 3. The number of aromatic amines is 1. The van der Waals surface area contributed by atoms with Gasteiger partial charge in [0.25, 0.3) is 0 Å². The Morgan fingerprint density at radius 1 is 1.03 bits per heavy atom. The lowest BCUT2D eigenvalue weighted by atomic mass is 9.95. The number of guanidine groups is 1. The fraction of sp³-hybridized carbons (Fsp3) is 0.238. The number of carbonyl (C=O) groups excluding carboxylic acids is 1. The van der Waals surface area contributed by atoms with Crippen LogP contribution in [0.15, 0.2) is 59.6 Å². The van der Waals surface area contributed by atoms with Crippen molar-refractivity contribution < 1.29 is 4.79 Å². The van der Waals surface area contributed by atoms with E-state index in [9.17, 15) is 4.79 Å². The van der Waals surface area contributed by atoms with Crippen molar-refractivity contribution in [2.24, 2.45) is 4.99 Å². The first-order valence-electron chi connectivity index (χ1n) is 9.39. The van der Waals surface area contributed by atoms with E-state index in [2.05, 4.69) is 30.8 Å². The Morgan fingerprint density at radius 2 is 1.76 bits per heavy atom. The summed E-state index contributed by atoms with van der Waals surface area (Å²) < 4.78 is 0. The van der Waals surface area contributed by atoms with Crippen LogP contribution in [0.4, 0.5) is 5.95 Å². The summed E-state index contributed by atoms with van der Waals surface area (Å²) >= 11 is 0. The number of aliphatic imine (C=N–C) groups is 1. The zero-order valence-electron chi connectivity index (χ0n) is 16.1. The molecule has 4 rings (SSSR count). The number of nitrogens with zero attached hydrogens (tertiary/aromatic N) is 3. The molecule has 2 aromatic carbocycles. The summed E-state index contributed by atoms with van der Waals surface area (Å²) in [7, 11) is 0. The van der Waals surface area contributed by atoms with Gasteiger partial charge in [0.1, 0.15) is 0 Å². The molecule has 1 aromatic heterocycles. The summed E-state index contributed by atoms with van der Waals surface area (Å²) in [4.78, 5) is 21.6. The van der Waals surface area contributed by atoms with Crippen LogP contribution in [0, 0.1) is 0 Å². The first-order valence-corrected chi connectivity index (χ1v) is 9.39. The molecule has 1 unspecified atom stereocenters. The van der Waals surface area contributed by atoms with E-state index >= 15 is 0 Å². The van der Waals surface area contributed by atoms with E-state index in [1.165, 1.54) is 0 Å². The highest BCUT2D eigenvalue weighted by Gasteiger charge is 2.17. The van der Waals surface area contributed by atoms with Crippen LogP contribution in [-0.2, 0) is 0 Å². The number of carbonyl (C=O) groups is 1. The summed E-state index contributed by atoms with van der Waals surface area (Å²) in [5, 5.41) is 13.6. The summed E-state index contributed by atoms with van der Waals surface area (Å²) in [5.41, 5.74) is 2.31. The third-order valence-electron chi connectivity index (χ3n) is 4.72. The summed E-state index contributed by atoms with van der Waals surface area (Å²) in [6.45, 7) is 3.81. The molecule has 7 nitrogen and oxygen atoms in total. The van der Waals surface area contributed by atoms with Gasteiger partial charge in [-0.05, 0) is 18.1 Å². The summed E-state index contributed by atoms with van der Waals surface area (Å²) in [5.74, 6) is 1.74. The molecule has 29 heavy (non-hydrogen) atoms. The van der Waals surface area contributed by atoms with Gasteiger partial charge in [0.2, 0.25) is 5.95 Å². The molecule has 8 heteroatoms. The number of aromatic nitrogens is 3. The lowest BCUT2D eigenvalue weighted by Crippen LogP contribution is -2.43. The minimum absolute atomic E-state index is 0. The molecule has 1 aliphatic rings. The van der Waals surface area contributed by atoms with Gasteiger partial charge in [-0.3, -0.25) is 4.79 Å². The molecule has 3 N–H and O–H groups in total. The minimum atomic E-state index is -0.0685. The molecule has 1 atom stereocenters. The average molecular weight is 411 g/mol. The maximum atomic E-state index is 12.7. The molecule has 1 fully saturated rings. The largest absolute Gasteiger partial charge is 0.356 e. The Bertz CT molecular complexity index is 993. The maximum Gasteiger partial charge on any atom is 0.248 e. The van der Waals surface area contributed by atoms with Gasteiger partial charge < -0.3 is 10.6 Å². The number of halogens is 1. The zero-order chi connectivity index (χ0) is 19.3. The van der Waals surface area contributed by atoms with E-state index in [0.29, 0.717) is 28.9 Å². The van der Waals surface area contributed by atoms with Crippen LogP contribution in [-0.4, -0.2) is 40.0 Å². The van der Waals surface area contributed by atoms with Crippen molar-refractivity contribution in [3.05, 3.63) is 77.1 Å². The van der Waals surface area contributed by atoms with Crippen molar-refractivity contribution in [3.8, 4) is 0 Å². The van der Waals surface area contributed by atoms with E-state index < -0.39 is 0 Å². The van der Waals surface area contributed by atoms with Gasteiger partial charge in [-0.25, -0.2) is 5.10 Å². The summed E-state index contributed by atoms with van der Waals surface area (Å²) in [6.07, 6.45) is 1.07. The van der Waals surface area contributed by atoms with Crippen LogP contribution in [0.1, 0.15) is 46.6 Å². The molecular weight excluding hydrogens is 388 g/mol. The Morgan fingerprint density at radius 3 is 2.52 bits per heavy atom. The second-order valence-electron chi connectivity index (χ2n) is 6.73. The number of benzene rings is 2. The van der Waals surface area contributed by atoms with Gasteiger partial charge in [0.05, 0.1) is 0 Å². The van der Waals surface area contributed by atoms with Crippen molar-refractivity contribution in [1.29, 1.82) is 0 Å². The molecule has 2 heterocycles. The van der Waals surface area contributed by atoms with Gasteiger partial charge in [0, 0.05) is 30.1 Å². The molecular formula is C21H23ClN6O. The van der Waals surface area contributed by atoms with Crippen LogP contribution in [0.5, 0.6) is 0 Å². The first kappa shape index (κ1) is 20.5. The van der Waals surface area contributed by atoms with Gasteiger partial charge in [-0.1, -0.05) is 55.5 Å². The molecule has 1 aliphatic heterocycles. The fourth-order valence-corrected chi connectivity index (χ4v) is 3.11. The van der Waals surface area contributed by atoms with Gasteiger partial charge in [-0.15, -0.1) is 12.4 Å². The molecule has 150 valence electrons. The third-order valence-corrected chi connectivity index (χ3v) is 4.72. The van der Waals surface area contributed by atoms with Crippen LogP contribution in [0.3, 0.4) is 0 Å². The predicted molar refractivity (Wildman–Crippen MR) is 115 cm³/mol. The average Bonchev–Trinajstić information content (AvgIpc) is 3.22. The van der Waals surface area contributed by atoms with E-state index in [4.69, 9.17) is 0 Å². The van der Waals surface area contributed by atoms with Crippen LogP contribution < -0.4 is 10.6 Å². The smallest absolute Gasteiger partial charge is 0.248 e. The van der Waals surface area contributed by atoms with Crippen molar-refractivity contribution in [2.45, 2.75) is 19.3 Å². The number of rotatable bonds is 5. The van der Waals surface area contributed by atoms with Gasteiger partial charge >= 0.3 is 0 Å². The second kappa shape index (κ2) is 9.34. The van der Waals surface area contributed by atoms with E-state index in [-0.39, 0.29) is 24.1 Å². The van der Waals surface area contributed by atoms with Crippen molar-refractivity contribution in [1.82, 2.24) is 25.8 Å². The number of hydrogen-bond donors (Lipinski definition) is 3. The second-order valence-corrected chi connectivity index (χ2v) is 6.73.